The number of thiocarbonyl (C=S) groups is 1. The molecule has 0 radical (unpaired) electrons. The maximum atomic E-state index is 12.9. The SMILES string of the molecule is COc1ccc(NC(=S)NC(CC(C)C)C(=O)NCC(=O)NC(CC(C)C)C(=O)C2(C)CO2)cc1.Cc1ccccc1. The molecule has 1 aliphatic rings. The lowest BCUT2D eigenvalue weighted by molar-refractivity contribution is -0.131. The Bertz CT molecular complexity index is 1170. The van der Waals surface area contributed by atoms with Crippen molar-refractivity contribution in [3.05, 3.63) is 60.2 Å². The summed E-state index contributed by atoms with van der Waals surface area (Å²) in [5.41, 5.74) is 1.25. The van der Waals surface area contributed by atoms with Gasteiger partial charge in [-0.2, -0.15) is 0 Å². The lowest BCUT2D eigenvalue weighted by Gasteiger charge is -2.23. The molecule has 2 aromatic rings. The van der Waals surface area contributed by atoms with Crippen molar-refractivity contribution in [2.24, 2.45) is 11.8 Å². The summed E-state index contributed by atoms with van der Waals surface area (Å²) in [5.74, 6) is 0.227. The van der Waals surface area contributed by atoms with Crippen LogP contribution < -0.4 is 26.0 Å². The Morgan fingerprint density at radius 3 is 1.98 bits per heavy atom. The van der Waals surface area contributed by atoms with E-state index in [1.165, 1.54) is 5.56 Å². The van der Waals surface area contributed by atoms with Crippen molar-refractivity contribution in [2.45, 2.75) is 72.1 Å². The highest BCUT2D eigenvalue weighted by Crippen LogP contribution is 2.29. The van der Waals surface area contributed by atoms with Gasteiger partial charge in [0.05, 0.1) is 26.3 Å². The van der Waals surface area contributed by atoms with E-state index in [2.05, 4.69) is 40.3 Å². The fourth-order valence-electron chi connectivity index (χ4n) is 4.10. The number of ketones is 1. The fourth-order valence-corrected chi connectivity index (χ4v) is 4.36. The summed E-state index contributed by atoms with van der Waals surface area (Å²) >= 11 is 5.39. The number of amides is 2. The van der Waals surface area contributed by atoms with Gasteiger partial charge in [-0.3, -0.25) is 14.4 Å². The van der Waals surface area contributed by atoms with Crippen molar-refractivity contribution >= 4 is 40.6 Å². The number of hydrogen-bond donors (Lipinski definition) is 4. The third-order valence-corrected chi connectivity index (χ3v) is 6.72. The van der Waals surface area contributed by atoms with Gasteiger partial charge in [0, 0.05) is 5.69 Å². The number of anilines is 1. The molecule has 230 valence electrons. The maximum absolute atomic E-state index is 12.9. The van der Waals surface area contributed by atoms with Gasteiger partial charge in [0.15, 0.2) is 10.9 Å². The average molecular weight is 599 g/mol. The van der Waals surface area contributed by atoms with Gasteiger partial charge in [0.1, 0.15) is 17.4 Å². The molecule has 1 aliphatic heterocycles. The van der Waals surface area contributed by atoms with E-state index < -0.39 is 23.6 Å². The van der Waals surface area contributed by atoms with Crippen LogP contribution in [0.15, 0.2) is 54.6 Å². The molecule has 42 heavy (non-hydrogen) atoms. The number of hydrogen-bond acceptors (Lipinski definition) is 6. The summed E-state index contributed by atoms with van der Waals surface area (Å²) in [5, 5.41) is 11.8. The summed E-state index contributed by atoms with van der Waals surface area (Å²) < 4.78 is 10.4. The Morgan fingerprint density at radius 2 is 1.50 bits per heavy atom. The lowest BCUT2D eigenvalue weighted by Crippen LogP contribution is -2.52. The van der Waals surface area contributed by atoms with E-state index in [0.29, 0.717) is 24.6 Å². The number of epoxide rings is 1. The molecule has 4 N–H and O–H groups in total. The minimum Gasteiger partial charge on any atom is -0.497 e. The van der Waals surface area contributed by atoms with Crippen molar-refractivity contribution in [1.29, 1.82) is 0 Å². The predicted molar refractivity (Wildman–Crippen MR) is 171 cm³/mol. The molecule has 3 rings (SSSR count). The van der Waals surface area contributed by atoms with Crippen LogP contribution in [-0.2, 0) is 19.1 Å². The van der Waals surface area contributed by atoms with Gasteiger partial charge in [0.2, 0.25) is 11.8 Å². The first-order valence-corrected chi connectivity index (χ1v) is 14.7. The van der Waals surface area contributed by atoms with Gasteiger partial charge in [-0.25, -0.2) is 0 Å². The van der Waals surface area contributed by atoms with Crippen LogP contribution >= 0.6 is 12.2 Å². The molecule has 10 heteroatoms. The first-order chi connectivity index (χ1) is 19.8. The zero-order valence-electron chi connectivity index (χ0n) is 25.8. The molecule has 0 aromatic heterocycles. The number of carbonyl (C=O) groups excluding carboxylic acids is 3. The van der Waals surface area contributed by atoms with Crippen LogP contribution in [0.5, 0.6) is 5.75 Å². The third kappa shape index (κ3) is 12.6. The summed E-state index contributed by atoms with van der Waals surface area (Å²) in [6, 6.07) is 16.2. The number of benzene rings is 2. The van der Waals surface area contributed by atoms with E-state index in [1.807, 2.05) is 58.0 Å². The number of nitrogens with one attached hydrogen (secondary N) is 4. The zero-order valence-corrected chi connectivity index (χ0v) is 26.6. The molecular weight excluding hydrogens is 552 g/mol. The smallest absolute Gasteiger partial charge is 0.243 e. The zero-order chi connectivity index (χ0) is 31.3. The largest absolute Gasteiger partial charge is 0.497 e. The van der Waals surface area contributed by atoms with Crippen molar-refractivity contribution in [3.63, 3.8) is 0 Å². The highest BCUT2D eigenvalue weighted by atomic mass is 32.1. The standard InChI is InChI=1S/C25H38N4O5S.C7H8/c1-15(2)11-19(22(31)25(5)14-34-25)28-21(30)13-26-23(32)20(12-16(3)4)29-24(35)27-17-7-9-18(33-6)10-8-17;1-7-5-3-2-4-6-7/h7-10,15-16,19-20H,11-14H2,1-6H3,(H,26,32)(H,28,30)(H2,27,29,35);2-6H,1H3. The van der Waals surface area contributed by atoms with Crippen LogP contribution in [0.1, 0.15) is 53.0 Å². The van der Waals surface area contributed by atoms with E-state index in [0.717, 1.165) is 11.4 Å². The summed E-state index contributed by atoms with van der Waals surface area (Å²) in [4.78, 5) is 38.1. The molecule has 1 fully saturated rings. The summed E-state index contributed by atoms with van der Waals surface area (Å²) in [6.45, 7) is 11.9. The minimum atomic E-state index is -0.824. The maximum Gasteiger partial charge on any atom is 0.243 e. The Balaban J connectivity index is 0.000000766. The molecule has 0 spiro atoms. The molecule has 0 aliphatic carbocycles. The van der Waals surface area contributed by atoms with Gasteiger partial charge in [-0.05, 0) is 75.0 Å². The average Bonchev–Trinajstić information content (AvgIpc) is 3.69. The Hall–Kier alpha value is -3.50. The quantitative estimate of drug-likeness (QED) is 0.198. The van der Waals surface area contributed by atoms with Gasteiger partial charge < -0.3 is 30.7 Å². The number of ether oxygens (including phenoxy) is 2. The van der Waals surface area contributed by atoms with Crippen LogP contribution in [0.4, 0.5) is 5.69 Å². The number of Topliss-reactive ketones (excluding diaryl/α,β-unsaturated/α-hetero) is 1. The van der Waals surface area contributed by atoms with Crippen LogP contribution in [0.25, 0.3) is 0 Å². The first-order valence-electron chi connectivity index (χ1n) is 14.3. The van der Waals surface area contributed by atoms with Gasteiger partial charge >= 0.3 is 0 Å². The topological polar surface area (TPSA) is 121 Å². The molecule has 0 saturated carbocycles. The van der Waals surface area contributed by atoms with Gasteiger partial charge in [-0.1, -0.05) is 63.6 Å². The number of carbonyl (C=O) groups is 3. The second-order valence-electron chi connectivity index (χ2n) is 11.5. The number of methoxy groups -OCH3 is 1. The van der Waals surface area contributed by atoms with E-state index in [4.69, 9.17) is 21.7 Å². The molecule has 3 unspecified atom stereocenters. The monoisotopic (exact) mass is 598 g/mol. The van der Waals surface area contributed by atoms with Gasteiger partial charge in [0.25, 0.3) is 0 Å². The van der Waals surface area contributed by atoms with E-state index in [9.17, 15) is 14.4 Å². The molecule has 1 saturated heterocycles. The molecular formula is C32H46N4O5S. The molecule has 2 aromatic carbocycles. The number of aryl methyl sites for hydroxylation is 1. The first kappa shape index (κ1) is 34.7. The van der Waals surface area contributed by atoms with Gasteiger partial charge in [-0.15, -0.1) is 0 Å². The van der Waals surface area contributed by atoms with Crippen LogP contribution in [0.3, 0.4) is 0 Å². The predicted octanol–water partition coefficient (Wildman–Crippen LogP) is 4.40. The number of rotatable bonds is 13. The van der Waals surface area contributed by atoms with Crippen LogP contribution in [-0.4, -0.2) is 60.7 Å². The fraction of sp³-hybridized carbons (Fsp3) is 0.500. The van der Waals surface area contributed by atoms with Crippen LogP contribution in [0, 0.1) is 18.8 Å². The summed E-state index contributed by atoms with van der Waals surface area (Å²) in [7, 11) is 1.59. The van der Waals surface area contributed by atoms with Crippen molar-refractivity contribution < 1.29 is 23.9 Å². The van der Waals surface area contributed by atoms with Crippen molar-refractivity contribution in [1.82, 2.24) is 16.0 Å². The lowest BCUT2D eigenvalue weighted by atomic mass is 9.93. The second-order valence-corrected chi connectivity index (χ2v) is 11.9. The Morgan fingerprint density at radius 1 is 0.929 bits per heavy atom. The molecule has 1 heterocycles. The van der Waals surface area contributed by atoms with E-state index >= 15 is 0 Å². The normalized spacial score (nSPS) is 16.8. The summed E-state index contributed by atoms with van der Waals surface area (Å²) in [6.07, 6.45) is 1.02. The van der Waals surface area contributed by atoms with Crippen molar-refractivity contribution in [3.8, 4) is 5.75 Å². The molecule has 2 amide bonds. The molecule has 9 nitrogen and oxygen atoms in total. The Kier molecular flexibility index (Phi) is 13.9. The van der Waals surface area contributed by atoms with E-state index in [-0.39, 0.29) is 30.1 Å². The van der Waals surface area contributed by atoms with Crippen LogP contribution in [0.2, 0.25) is 0 Å². The highest BCUT2D eigenvalue weighted by Gasteiger charge is 2.50. The third-order valence-electron chi connectivity index (χ3n) is 6.50. The highest BCUT2D eigenvalue weighted by molar-refractivity contribution is 7.80. The molecule has 3 atom stereocenters. The second kappa shape index (κ2) is 16.8. The Labute approximate surface area is 255 Å². The molecule has 0 bridgehead atoms. The van der Waals surface area contributed by atoms with Crippen molar-refractivity contribution in [2.75, 3.05) is 25.6 Å². The minimum absolute atomic E-state index is 0.139. The van der Waals surface area contributed by atoms with E-state index in [1.54, 1.807) is 26.2 Å².